The Hall–Kier alpha value is -2.02. The van der Waals surface area contributed by atoms with Gasteiger partial charge in [-0.2, -0.15) is 0 Å². The Balaban J connectivity index is 1.93. The van der Waals surface area contributed by atoms with Crippen LogP contribution >= 0.6 is 11.8 Å². The van der Waals surface area contributed by atoms with E-state index in [2.05, 4.69) is 29.4 Å². The van der Waals surface area contributed by atoms with Crippen LogP contribution in [0.1, 0.15) is 31.7 Å². The second kappa shape index (κ2) is 7.84. The highest BCUT2D eigenvalue weighted by Gasteiger charge is 2.12. The minimum absolute atomic E-state index is 0.0778. The lowest BCUT2D eigenvalue weighted by molar-refractivity contribution is -0.113. The van der Waals surface area contributed by atoms with E-state index in [1.165, 1.54) is 16.4 Å². The molecule has 0 fully saturated rings. The number of nitrogens with two attached hydrogens (primary N) is 1. The van der Waals surface area contributed by atoms with E-state index in [9.17, 15) is 4.79 Å². The third-order valence-electron chi connectivity index (χ3n) is 3.21. The molecule has 0 saturated carbocycles. The molecule has 0 unspecified atom stereocenters. The number of nitrogen functional groups attached to an aromatic ring is 1. The molecule has 2 rings (SSSR count). The molecule has 118 valence electrons. The van der Waals surface area contributed by atoms with Gasteiger partial charge in [0.15, 0.2) is 5.82 Å². The van der Waals surface area contributed by atoms with Crippen molar-refractivity contribution >= 4 is 23.4 Å². The van der Waals surface area contributed by atoms with Gasteiger partial charge < -0.3 is 11.2 Å². The number of para-hydroxylation sites is 1. The van der Waals surface area contributed by atoms with Crippen molar-refractivity contribution < 1.29 is 4.79 Å². The third kappa shape index (κ3) is 4.00. The van der Waals surface area contributed by atoms with Gasteiger partial charge in [0.1, 0.15) is 0 Å². The molecule has 0 aliphatic carbocycles. The number of aryl methyl sites for hydroxylation is 2. The van der Waals surface area contributed by atoms with Crippen LogP contribution in [0.3, 0.4) is 0 Å². The largest absolute Gasteiger partial charge is 0.336 e. The summed E-state index contributed by atoms with van der Waals surface area (Å²) in [5.41, 5.74) is 1.98. The summed E-state index contributed by atoms with van der Waals surface area (Å²) in [5.74, 6) is 6.82. The summed E-state index contributed by atoms with van der Waals surface area (Å²) in [7, 11) is 0. The van der Waals surface area contributed by atoms with Crippen molar-refractivity contribution in [2.45, 2.75) is 38.3 Å². The van der Waals surface area contributed by atoms with Crippen LogP contribution in [0.5, 0.6) is 0 Å². The van der Waals surface area contributed by atoms with Gasteiger partial charge in [0.05, 0.1) is 5.75 Å². The van der Waals surface area contributed by atoms with Crippen LogP contribution in [0.25, 0.3) is 0 Å². The summed E-state index contributed by atoms with van der Waals surface area (Å²) in [5, 5.41) is 11.5. The van der Waals surface area contributed by atoms with Crippen molar-refractivity contribution in [3.63, 3.8) is 0 Å². The zero-order chi connectivity index (χ0) is 15.9. The topological polar surface area (TPSA) is 85.8 Å². The number of hydrogen-bond donors (Lipinski definition) is 2. The molecular weight excluding hydrogens is 298 g/mol. The smallest absolute Gasteiger partial charge is 0.234 e. The summed E-state index contributed by atoms with van der Waals surface area (Å²) in [6.45, 7) is 4.12. The number of rotatable bonds is 7. The molecule has 1 aromatic heterocycles. The highest BCUT2D eigenvalue weighted by Crippen LogP contribution is 2.18. The fraction of sp³-hybridized carbons (Fsp3) is 0.400. The molecule has 0 bridgehead atoms. The molecule has 6 nitrogen and oxygen atoms in total. The van der Waals surface area contributed by atoms with Crippen LogP contribution in [-0.2, 0) is 17.6 Å². The molecule has 7 heteroatoms. The minimum atomic E-state index is -0.0778. The second-order valence-corrected chi connectivity index (χ2v) is 5.81. The normalized spacial score (nSPS) is 10.6. The van der Waals surface area contributed by atoms with Gasteiger partial charge in [-0.05, 0) is 24.5 Å². The van der Waals surface area contributed by atoms with Crippen LogP contribution < -0.4 is 11.2 Å². The third-order valence-corrected chi connectivity index (χ3v) is 4.16. The highest BCUT2D eigenvalue weighted by atomic mass is 32.2. The van der Waals surface area contributed by atoms with E-state index in [1.54, 1.807) is 0 Å². The van der Waals surface area contributed by atoms with Gasteiger partial charge >= 0.3 is 0 Å². The van der Waals surface area contributed by atoms with E-state index in [0.29, 0.717) is 5.16 Å². The predicted octanol–water partition coefficient (Wildman–Crippen LogP) is 2.24. The molecule has 1 amide bonds. The van der Waals surface area contributed by atoms with E-state index in [4.69, 9.17) is 5.84 Å². The van der Waals surface area contributed by atoms with Crippen LogP contribution in [-0.4, -0.2) is 26.5 Å². The number of thioether (sulfide) groups is 1. The van der Waals surface area contributed by atoms with Gasteiger partial charge in [-0.25, -0.2) is 4.68 Å². The van der Waals surface area contributed by atoms with Gasteiger partial charge in [-0.3, -0.25) is 4.79 Å². The standard InChI is InChI=1S/C15H21N5OS/c1-3-7-13-18-19-15(20(13)16)22-10-14(21)17-12-9-6-5-8-11(12)4-2/h5-6,8-9H,3-4,7,10,16H2,1-2H3,(H,17,21). The molecular formula is C15H21N5OS. The monoisotopic (exact) mass is 319 g/mol. The number of nitrogens with zero attached hydrogens (tertiary/aromatic N) is 3. The average molecular weight is 319 g/mol. The fourth-order valence-corrected chi connectivity index (χ4v) is 2.74. The van der Waals surface area contributed by atoms with E-state index < -0.39 is 0 Å². The van der Waals surface area contributed by atoms with Gasteiger partial charge in [-0.15, -0.1) is 10.2 Å². The van der Waals surface area contributed by atoms with Crippen LogP contribution in [0, 0.1) is 0 Å². The summed E-state index contributed by atoms with van der Waals surface area (Å²) in [4.78, 5) is 12.1. The number of carbonyl (C=O) groups excluding carboxylic acids is 1. The van der Waals surface area contributed by atoms with Gasteiger partial charge in [0, 0.05) is 12.1 Å². The van der Waals surface area contributed by atoms with Crippen molar-refractivity contribution in [3.05, 3.63) is 35.7 Å². The molecule has 0 spiro atoms. The van der Waals surface area contributed by atoms with Crippen LogP contribution in [0.15, 0.2) is 29.4 Å². The Morgan fingerprint density at radius 3 is 2.82 bits per heavy atom. The van der Waals surface area contributed by atoms with Crippen molar-refractivity contribution in [2.24, 2.45) is 0 Å². The first-order valence-electron chi connectivity index (χ1n) is 7.35. The number of aromatic nitrogens is 3. The Kier molecular flexibility index (Phi) is 5.83. The Morgan fingerprint density at radius 1 is 1.32 bits per heavy atom. The van der Waals surface area contributed by atoms with Crippen LogP contribution in [0.4, 0.5) is 5.69 Å². The van der Waals surface area contributed by atoms with E-state index in [-0.39, 0.29) is 11.7 Å². The number of amides is 1. The fourth-order valence-electron chi connectivity index (χ4n) is 2.07. The SMILES string of the molecule is CCCc1nnc(SCC(=O)Nc2ccccc2CC)n1N. The Bertz CT molecular complexity index is 641. The molecule has 0 saturated heterocycles. The molecule has 1 aromatic carbocycles. The molecule has 22 heavy (non-hydrogen) atoms. The molecule has 3 N–H and O–H groups in total. The molecule has 1 heterocycles. The molecule has 2 aromatic rings. The Labute approximate surface area is 134 Å². The van der Waals surface area contributed by atoms with Crippen molar-refractivity contribution in [1.82, 2.24) is 14.9 Å². The predicted molar refractivity (Wildman–Crippen MR) is 89.3 cm³/mol. The van der Waals surface area contributed by atoms with Crippen molar-refractivity contribution in [2.75, 3.05) is 16.9 Å². The summed E-state index contributed by atoms with van der Waals surface area (Å²) in [6, 6.07) is 7.80. The molecule has 0 aliphatic rings. The lowest BCUT2D eigenvalue weighted by atomic mass is 10.1. The maximum atomic E-state index is 12.1. The number of carbonyl (C=O) groups is 1. The van der Waals surface area contributed by atoms with Crippen molar-refractivity contribution in [3.8, 4) is 0 Å². The van der Waals surface area contributed by atoms with Crippen LogP contribution in [0.2, 0.25) is 0 Å². The number of hydrogen-bond acceptors (Lipinski definition) is 5. The maximum Gasteiger partial charge on any atom is 0.234 e. The first kappa shape index (κ1) is 16.4. The summed E-state index contributed by atoms with van der Waals surface area (Å²) < 4.78 is 1.46. The number of anilines is 1. The Morgan fingerprint density at radius 2 is 2.09 bits per heavy atom. The zero-order valence-electron chi connectivity index (χ0n) is 12.9. The van der Waals surface area contributed by atoms with Gasteiger partial charge in [0.2, 0.25) is 11.1 Å². The van der Waals surface area contributed by atoms with Gasteiger partial charge in [-0.1, -0.05) is 43.8 Å². The lowest BCUT2D eigenvalue weighted by Gasteiger charge is -2.09. The number of nitrogens with one attached hydrogen (secondary N) is 1. The first-order valence-corrected chi connectivity index (χ1v) is 8.34. The lowest BCUT2D eigenvalue weighted by Crippen LogP contribution is -2.17. The molecule has 0 aliphatic heterocycles. The minimum Gasteiger partial charge on any atom is -0.336 e. The average Bonchev–Trinajstić information content (AvgIpc) is 2.87. The molecule has 0 atom stereocenters. The highest BCUT2D eigenvalue weighted by molar-refractivity contribution is 7.99. The van der Waals surface area contributed by atoms with Crippen molar-refractivity contribution in [1.29, 1.82) is 0 Å². The van der Waals surface area contributed by atoms with E-state index >= 15 is 0 Å². The summed E-state index contributed by atoms with van der Waals surface area (Å²) in [6.07, 6.45) is 2.61. The van der Waals surface area contributed by atoms with Gasteiger partial charge in [0.25, 0.3) is 0 Å². The molecule has 0 radical (unpaired) electrons. The zero-order valence-corrected chi connectivity index (χ0v) is 13.7. The maximum absolute atomic E-state index is 12.1. The quantitative estimate of drug-likeness (QED) is 0.604. The number of benzene rings is 1. The second-order valence-electron chi connectivity index (χ2n) is 4.87. The van der Waals surface area contributed by atoms with E-state index in [0.717, 1.165) is 36.3 Å². The summed E-state index contributed by atoms with van der Waals surface area (Å²) >= 11 is 1.29. The van der Waals surface area contributed by atoms with E-state index in [1.807, 2.05) is 24.3 Å². The first-order chi connectivity index (χ1) is 10.7.